The van der Waals surface area contributed by atoms with E-state index in [1.807, 2.05) is 0 Å². The molecule has 0 aromatic rings. The van der Waals surface area contributed by atoms with Crippen LogP contribution in [0.2, 0.25) is 0 Å². The SMILES string of the molecule is CCC.O=C(O)C(O)C(O)C(=O)O. The first-order valence-electron chi connectivity index (χ1n) is 3.70. The standard InChI is InChI=1S/C4H6O6.C3H8/c5-1(3(7)8)2(6)4(9)10;1-3-2/h1-2,5-6H,(H,7,8)(H,9,10);3H2,1-2H3. The van der Waals surface area contributed by atoms with Gasteiger partial charge in [-0.05, 0) is 0 Å². The average molecular weight is 194 g/mol. The fourth-order valence-corrected chi connectivity index (χ4v) is 0.270. The average Bonchev–Trinajstić information content (AvgIpc) is 2.03. The number of hydrogen-bond donors (Lipinski definition) is 4. The molecule has 0 saturated heterocycles. The lowest BCUT2D eigenvalue weighted by Crippen LogP contribution is -2.39. The quantitative estimate of drug-likeness (QED) is 0.472. The van der Waals surface area contributed by atoms with E-state index in [1.165, 1.54) is 6.42 Å². The summed E-state index contributed by atoms with van der Waals surface area (Å²) in [4.78, 5) is 19.5. The zero-order chi connectivity index (χ0) is 11.0. The van der Waals surface area contributed by atoms with Crippen molar-refractivity contribution < 1.29 is 30.0 Å². The Hall–Kier alpha value is -1.14. The maximum Gasteiger partial charge on any atom is 0.335 e. The van der Waals surface area contributed by atoms with E-state index in [-0.39, 0.29) is 0 Å². The molecule has 4 N–H and O–H groups in total. The highest BCUT2D eigenvalue weighted by Crippen LogP contribution is 1.92. The van der Waals surface area contributed by atoms with Crippen molar-refractivity contribution in [1.29, 1.82) is 0 Å². The molecule has 0 saturated carbocycles. The van der Waals surface area contributed by atoms with Gasteiger partial charge < -0.3 is 20.4 Å². The maximum atomic E-state index is 9.77. The molecule has 0 heterocycles. The highest BCUT2D eigenvalue weighted by molar-refractivity contribution is 5.82. The van der Waals surface area contributed by atoms with Gasteiger partial charge in [0.25, 0.3) is 0 Å². The molecular formula is C7H14O6. The van der Waals surface area contributed by atoms with Crippen LogP contribution in [0.15, 0.2) is 0 Å². The van der Waals surface area contributed by atoms with E-state index in [2.05, 4.69) is 13.8 Å². The molecule has 6 nitrogen and oxygen atoms in total. The van der Waals surface area contributed by atoms with Gasteiger partial charge in [0, 0.05) is 0 Å². The number of aliphatic hydroxyl groups excluding tert-OH is 2. The second-order valence-electron chi connectivity index (χ2n) is 2.27. The van der Waals surface area contributed by atoms with Gasteiger partial charge in [0.05, 0.1) is 0 Å². The van der Waals surface area contributed by atoms with Crippen LogP contribution in [0.4, 0.5) is 0 Å². The summed E-state index contributed by atoms with van der Waals surface area (Å²) < 4.78 is 0. The van der Waals surface area contributed by atoms with Crippen LogP contribution in [0.5, 0.6) is 0 Å². The second-order valence-corrected chi connectivity index (χ2v) is 2.27. The van der Waals surface area contributed by atoms with E-state index >= 15 is 0 Å². The molecule has 78 valence electrons. The van der Waals surface area contributed by atoms with Crippen LogP contribution in [-0.2, 0) is 9.59 Å². The van der Waals surface area contributed by atoms with Crippen molar-refractivity contribution in [2.75, 3.05) is 0 Å². The van der Waals surface area contributed by atoms with Crippen LogP contribution in [0, 0.1) is 0 Å². The van der Waals surface area contributed by atoms with Gasteiger partial charge in [0.15, 0.2) is 12.2 Å². The molecule has 2 unspecified atom stereocenters. The summed E-state index contributed by atoms with van der Waals surface area (Å²) in [6.07, 6.45) is -3.28. The fourth-order valence-electron chi connectivity index (χ4n) is 0.270. The number of carboxylic acid groups (broad SMARTS) is 2. The van der Waals surface area contributed by atoms with Crippen molar-refractivity contribution in [3.8, 4) is 0 Å². The molecule has 0 rings (SSSR count). The van der Waals surface area contributed by atoms with E-state index in [0.29, 0.717) is 0 Å². The third-order valence-electron chi connectivity index (χ3n) is 0.805. The third-order valence-corrected chi connectivity index (χ3v) is 0.805. The molecule has 0 radical (unpaired) electrons. The third kappa shape index (κ3) is 7.23. The summed E-state index contributed by atoms with van der Waals surface area (Å²) in [7, 11) is 0. The largest absolute Gasteiger partial charge is 0.479 e. The van der Waals surface area contributed by atoms with Crippen LogP contribution in [0.3, 0.4) is 0 Å². The molecule has 0 aliphatic carbocycles. The zero-order valence-electron chi connectivity index (χ0n) is 7.47. The Labute approximate surface area is 75.4 Å². The highest BCUT2D eigenvalue weighted by atomic mass is 16.4. The van der Waals surface area contributed by atoms with Crippen molar-refractivity contribution in [2.45, 2.75) is 32.5 Å². The number of carbonyl (C=O) groups is 2. The molecule has 0 fully saturated rings. The molecule has 0 amide bonds. The summed E-state index contributed by atoms with van der Waals surface area (Å²) in [5, 5.41) is 32.5. The fraction of sp³-hybridized carbons (Fsp3) is 0.714. The summed E-state index contributed by atoms with van der Waals surface area (Å²) in [6.45, 7) is 4.25. The molecule has 0 aliphatic rings. The Morgan fingerprint density at radius 2 is 1.15 bits per heavy atom. The topological polar surface area (TPSA) is 115 Å². The van der Waals surface area contributed by atoms with Gasteiger partial charge in [-0.3, -0.25) is 0 Å². The number of hydrogen-bond acceptors (Lipinski definition) is 4. The highest BCUT2D eigenvalue weighted by Gasteiger charge is 2.29. The summed E-state index contributed by atoms with van der Waals surface area (Å²) in [5.74, 6) is -3.54. The molecule has 0 aliphatic heterocycles. The minimum Gasteiger partial charge on any atom is -0.479 e. The van der Waals surface area contributed by atoms with Gasteiger partial charge in [-0.25, -0.2) is 9.59 Å². The van der Waals surface area contributed by atoms with Crippen LogP contribution in [-0.4, -0.2) is 44.6 Å². The second kappa shape index (κ2) is 7.51. The Kier molecular flexibility index (Phi) is 8.31. The zero-order valence-corrected chi connectivity index (χ0v) is 7.47. The van der Waals surface area contributed by atoms with E-state index in [1.54, 1.807) is 0 Å². The van der Waals surface area contributed by atoms with Crippen LogP contribution >= 0.6 is 0 Å². The molecule has 6 heteroatoms. The molecule has 0 aromatic heterocycles. The Bertz CT molecular complexity index is 148. The number of aliphatic hydroxyl groups is 2. The van der Waals surface area contributed by atoms with Gasteiger partial charge in [0.1, 0.15) is 0 Å². The molecule has 2 atom stereocenters. The maximum absolute atomic E-state index is 9.77. The predicted octanol–water partition coefficient (Wildman–Crippen LogP) is -0.706. The minimum atomic E-state index is -2.27. The van der Waals surface area contributed by atoms with Crippen molar-refractivity contribution in [2.24, 2.45) is 0 Å². The van der Waals surface area contributed by atoms with Gasteiger partial charge in [-0.2, -0.15) is 0 Å². The lowest BCUT2D eigenvalue weighted by molar-refractivity contribution is -0.165. The van der Waals surface area contributed by atoms with E-state index < -0.39 is 24.1 Å². The Morgan fingerprint density at radius 3 is 1.23 bits per heavy atom. The smallest absolute Gasteiger partial charge is 0.335 e. The van der Waals surface area contributed by atoms with E-state index in [4.69, 9.17) is 20.4 Å². The van der Waals surface area contributed by atoms with Crippen molar-refractivity contribution in [3.05, 3.63) is 0 Å². The van der Waals surface area contributed by atoms with E-state index in [0.717, 1.165) is 0 Å². The summed E-state index contributed by atoms with van der Waals surface area (Å²) >= 11 is 0. The summed E-state index contributed by atoms with van der Waals surface area (Å²) in [6, 6.07) is 0. The van der Waals surface area contributed by atoms with Gasteiger partial charge in [-0.1, -0.05) is 20.3 Å². The lowest BCUT2D eigenvalue weighted by Gasteiger charge is -2.07. The number of carboxylic acids is 2. The molecule has 0 aromatic carbocycles. The van der Waals surface area contributed by atoms with Crippen LogP contribution in [0.25, 0.3) is 0 Å². The molecule has 13 heavy (non-hydrogen) atoms. The number of aliphatic carboxylic acids is 2. The first-order valence-corrected chi connectivity index (χ1v) is 3.70. The van der Waals surface area contributed by atoms with Crippen molar-refractivity contribution in [3.63, 3.8) is 0 Å². The van der Waals surface area contributed by atoms with Crippen LogP contribution < -0.4 is 0 Å². The molecule has 0 spiro atoms. The normalized spacial score (nSPS) is 13.5. The minimum absolute atomic E-state index is 1.25. The van der Waals surface area contributed by atoms with Crippen molar-refractivity contribution >= 4 is 11.9 Å². The summed E-state index contributed by atoms with van der Waals surface area (Å²) in [5.41, 5.74) is 0. The lowest BCUT2D eigenvalue weighted by atomic mass is 10.2. The van der Waals surface area contributed by atoms with Gasteiger partial charge >= 0.3 is 11.9 Å². The molecule has 0 bridgehead atoms. The first kappa shape index (κ1) is 14.4. The molecular weight excluding hydrogens is 180 g/mol. The van der Waals surface area contributed by atoms with Gasteiger partial charge in [0.2, 0.25) is 0 Å². The van der Waals surface area contributed by atoms with Crippen LogP contribution in [0.1, 0.15) is 20.3 Å². The van der Waals surface area contributed by atoms with E-state index in [9.17, 15) is 9.59 Å². The monoisotopic (exact) mass is 194 g/mol. The first-order chi connectivity index (χ1) is 5.88. The van der Waals surface area contributed by atoms with Crippen molar-refractivity contribution in [1.82, 2.24) is 0 Å². The predicted molar refractivity (Wildman–Crippen MR) is 43.3 cm³/mol. The van der Waals surface area contributed by atoms with Gasteiger partial charge in [-0.15, -0.1) is 0 Å². The Balaban J connectivity index is 0. The number of rotatable bonds is 3. The Morgan fingerprint density at radius 1 is 1.00 bits per heavy atom.